The van der Waals surface area contributed by atoms with Crippen molar-refractivity contribution in [3.63, 3.8) is 0 Å². The second-order valence-electron chi connectivity index (χ2n) is 8.97. The van der Waals surface area contributed by atoms with E-state index < -0.39 is 5.82 Å². The van der Waals surface area contributed by atoms with E-state index in [2.05, 4.69) is 10.4 Å². The van der Waals surface area contributed by atoms with E-state index in [-0.39, 0.29) is 17.6 Å². The fourth-order valence-corrected chi connectivity index (χ4v) is 4.81. The van der Waals surface area contributed by atoms with Crippen molar-refractivity contribution in [3.8, 4) is 16.8 Å². The second-order valence-corrected chi connectivity index (χ2v) is 8.97. The summed E-state index contributed by atoms with van der Waals surface area (Å²) in [5.74, 6) is -0.689. The number of rotatable bonds is 6. The summed E-state index contributed by atoms with van der Waals surface area (Å²) in [6.07, 6.45) is 2.02. The molecule has 0 unspecified atom stereocenters. The summed E-state index contributed by atoms with van der Waals surface area (Å²) in [6, 6.07) is 16.7. The number of carbonyl (C=O) groups is 2. The van der Waals surface area contributed by atoms with Crippen LogP contribution in [0.3, 0.4) is 0 Å². The summed E-state index contributed by atoms with van der Waals surface area (Å²) in [7, 11) is 3.13. The molecule has 1 aromatic heterocycles. The predicted octanol–water partition coefficient (Wildman–Crippen LogP) is 3.75. The quantitative estimate of drug-likeness (QED) is 0.424. The number of anilines is 2. The van der Waals surface area contributed by atoms with Crippen molar-refractivity contribution in [2.75, 3.05) is 29.9 Å². The van der Waals surface area contributed by atoms with Gasteiger partial charge in [0.15, 0.2) is 0 Å². The average Bonchev–Trinajstić information content (AvgIpc) is 3.49. The molecular weight excluding hydrogens is 487 g/mol. The van der Waals surface area contributed by atoms with Crippen molar-refractivity contribution in [2.24, 2.45) is 7.05 Å². The smallest absolute Gasteiger partial charge is 0.350 e. The molecule has 0 bridgehead atoms. The third-order valence-corrected chi connectivity index (χ3v) is 6.77. The van der Waals surface area contributed by atoms with Gasteiger partial charge in [-0.15, -0.1) is 0 Å². The first-order chi connectivity index (χ1) is 18.3. The van der Waals surface area contributed by atoms with E-state index >= 15 is 0 Å². The molecule has 0 atom stereocenters. The van der Waals surface area contributed by atoms with Gasteiger partial charge in [0.05, 0.1) is 11.4 Å². The Morgan fingerprint density at radius 2 is 1.74 bits per heavy atom. The van der Waals surface area contributed by atoms with E-state index in [1.807, 2.05) is 19.1 Å². The van der Waals surface area contributed by atoms with Crippen LogP contribution in [0.1, 0.15) is 22.8 Å². The number of nitrogens with one attached hydrogen (secondary N) is 1. The third kappa shape index (κ3) is 4.34. The van der Waals surface area contributed by atoms with Crippen LogP contribution in [0.5, 0.6) is 0 Å². The van der Waals surface area contributed by atoms with Crippen LogP contribution in [-0.2, 0) is 13.5 Å². The van der Waals surface area contributed by atoms with Gasteiger partial charge in [-0.05, 0) is 65.6 Å². The standard InChI is InChI=1S/C28H27FN6O3/c1-4-23-24(18-8-10-21(11-9-18)35-17-31-32(3)27(35)37)15-20(29)16-25(23)34-13-12-33(28(34)38)22-7-5-6-19(14-22)26(36)30-2/h5-11,14-17H,4,12-13H2,1-3H3,(H,30,36). The van der Waals surface area contributed by atoms with Crippen molar-refractivity contribution in [2.45, 2.75) is 13.3 Å². The normalized spacial score (nSPS) is 13.3. The molecule has 5 rings (SSSR count). The Labute approximate surface area is 218 Å². The first kappa shape index (κ1) is 24.9. The van der Waals surface area contributed by atoms with Gasteiger partial charge in [0, 0.05) is 38.4 Å². The Morgan fingerprint density at radius 1 is 1.00 bits per heavy atom. The lowest BCUT2D eigenvalue weighted by molar-refractivity contribution is 0.0963. The first-order valence-electron chi connectivity index (χ1n) is 12.3. The van der Waals surface area contributed by atoms with Gasteiger partial charge in [-0.3, -0.25) is 14.6 Å². The zero-order valence-electron chi connectivity index (χ0n) is 21.3. The molecule has 0 spiro atoms. The lowest BCUT2D eigenvalue weighted by Gasteiger charge is -2.23. The molecule has 0 saturated carbocycles. The van der Waals surface area contributed by atoms with Crippen LogP contribution in [-0.4, -0.2) is 46.4 Å². The molecule has 38 heavy (non-hydrogen) atoms. The number of halogens is 1. The van der Waals surface area contributed by atoms with Crippen LogP contribution >= 0.6 is 0 Å². The summed E-state index contributed by atoms with van der Waals surface area (Å²) in [4.78, 5) is 41.0. The van der Waals surface area contributed by atoms with Crippen molar-refractivity contribution in [1.29, 1.82) is 0 Å². The van der Waals surface area contributed by atoms with Crippen molar-refractivity contribution in [1.82, 2.24) is 19.7 Å². The Hall–Kier alpha value is -4.73. The third-order valence-electron chi connectivity index (χ3n) is 6.77. The number of benzene rings is 3. The monoisotopic (exact) mass is 514 g/mol. The molecule has 3 amide bonds. The van der Waals surface area contributed by atoms with E-state index in [0.29, 0.717) is 47.7 Å². The summed E-state index contributed by atoms with van der Waals surface area (Å²) in [5, 5.41) is 6.57. The maximum Gasteiger partial charge on any atom is 0.350 e. The Balaban J connectivity index is 1.49. The van der Waals surface area contributed by atoms with Crippen LogP contribution in [0, 0.1) is 5.82 Å². The molecule has 9 nitrogen and oxygen atoms in total. The van der Waals surface area contributed by atoms with E-state index in [0.717, 1.165) is 11.1 Å². The van der Waals surface area contributed by atoms with Gasteiger partial charge in [0.1, 0.15) is 12.1 Å². The number of carbonyl (C=O) groups excluding carboxylic acids is 2. The highest BCUT2D eigenvalue weighted by molar-refractivity contribution is 6.07. The Kier molecular flexibility index (Phi) is 6.54. The molecule has 3 aromatic carbocycles. The molecule has 194 valence electrons. The molecule has 10 heteroatoms. The highest BCUT2D eigenvalue weighted by atomic mass is 19.1. The molecular formula is C28H27FN6O3. The van der Waals surface area contributed by atoms with E-state index in [9.17, 15) is 18.8 Å². The highest BCUT2D eigenvalue weighted by Gasteiger charge is 2.33. The summed E-state index contributed by atoms with van der Waals surface area (Å²) in [6.45, 7) is 2.75. The van der Waals surface area contributed by atoms with Crippen LogP contribution in [0.4, 0.5) is 20.6 Å². The molecule has 0 aliphatic carbocycles. The molecule has 1 N–H and O–H groups in total. The minimum absolute atomic E-state index is 0.238. The van der Waals surface area contributed by atoms with Crippen molar-refractivity contribution < 1.29 is 14.0 Å². The minimum atomic E-state index is -0.451. The second kappa shape index (κ2) is 9.97. The molecule has 1 saturated heterocycles. The number of nitrogens with zero attached hydrogens (tertiary/aromatic N) is 5. The molecule has 1 fully saturated rings. The van der Waals surface area contributed by atoms with Crippen molar-refractivity contribution >= 4 is 23.3 Å². The molecule has 1 aliphatic heterocycles. The van der Waals surface area contributed by atoms with Crippen LogP contribution in [0.15, 0.2) is 71.8 Å². The summed E-state index contributed by atoms with van der Waals surface area (Å²) >= 11 is 0. The Morgan fingerprint density at radius 3 is 2.39 bits per heavy atom. The number of aryl methyl sites for hydroxylation is 1. The SMILES string of the molecule is CCc1c(-c2ccc(-n3cnn(C)c3=O)cc2)cc(F)cc1N1CCN(c2cccc(C(=O)NC)c2)C1=O. The highest BCUT2D eigenvalue weighted by Crippen LogP contribution is 2.36. The lowest BCUT2D eigenvalue weighted by atomic mass is 9.95. The van der Waals surface area contributed by atoms with Gasteiger partial charge in [-0.2, -0.15) is 5.10 Å². The number of hydrogen-bond donors (Lipinski definition) is 1. The zero-order chi connectivity index (χ0) is 27.0. The van der Waals surface area contributed by atoms with Gasteiger partial charge in [0.2, 0.25) is 0 Å². The van der Waals surface area contributed by atoms with E-state index in [4.69, 9.17) is 0 Å². The minimum Gasteiger partial charge on any atom is -0.355 e. The largest absolute Gasteiger partial charge is 0.355 e. The van der Waals surface area contributed by atoms with E-state index in [1.54, 1.807) is 60.3 Å². The molecule has 1 aliphatic rings. The topological polar surface area (TPSA) is 92.5 Å². The number of urea groups is 1. The van der Waals surface area contributed by atoms with Gasteiger partial charge in [-0.25, -0.2) is 23.2 Å². The van der Waals surface area contributed by atoms with Crippen LogP contribution in [0.2, 0.25) is 0 Å². The Bertz CT molecular complexity index is 1590. The van der Waals surface area contributed by atoms with Gasteiger partial charge >= 0.3 is 11.7 Å². The van der Waals surface area contributed by atoms with Gasteiger partial charge < -0.3 is 5.32 Å². The summed E-state index contributed by atoms with van der Waals surface area (Å²) < 4.78 is 17.6. The number of aromatic nitrogens is 3. The zero-order valence-corrected chi connectivity index (χ0v) is 21.3. The fraction of sp³-hybridized carbons (Fsp3) is 0.214. The van der Waals surface area contributed by atoms with Crippen LogP contribution in [0.25, 0.3) is 16.8 Å². The van der Waals surface area contributed by atoms with Gasteiger partial charge in [0.25, 0.3) is 5.91 Å². The molecule has 4 aromatic rings. The van der Waals surface area contributed by atoms with Crippen LogP contribution < -0.4 is 20.8 Å². The van der Waals surface area contributed by atoms with Crippen molar-refractivity contribution in [3.05, 3.63) is 94.4 Å². The molecule has 0 radical (unpaired) electrons. The number of amides is 3. The maximum absolute atomic E-state index is 15.0. The fourth-order valence-electron chi connectivity index (χ4n) is 4.81. The average molecular weight is 515 g/mol. The number of hydrogen-bond acceptors (Lipinski definition) is 4. The predicted molar refractivity (Wildman–Crippen MR) is 143 cm³/mol. The lowest BCUT2D eigenvalue weighted by Crippen LogP contribution is -2.32. The van der Waals surface area contributed by atoms with E-state index in [1.165, 1.54) is 27.7 Å². The summed E-state index contributed by atoms with van der Waals surface area (Å²) in [5.41, 5.74) is 4.25. The maximum atomic E-state index is 15.0. The molecule has 2 heterocycles. The van der Waals surface area contributed by atoms with Gasteiger partial charge in [-0.1, -0.05) is 25.1 Å². The first-order valence-corrected chi connectivity index (χ1v) is 12.3.